The molecule has 0 bridgehead atoms. The molecule has 1 aliphatic heterocycles. The highest BCUT2D eigenvalue weighted by atomic mass is 35.5. The molecule has 0 aliphatic carbocycles. The lowest BCUT2D eigenvalue weighted by Crippen LogP contribution is -2.20. The SMILES string of the molecule is Cc1ccc(CNC(=O)/C=C/c2cc(Cl)c3c(c2)OCO3)cc1F. The second kappa shape index (κ2) is 6.93. The molecule has 24 heavy (non-hydrogen) atoms. The molecule has 0 saturated heterocycles. The van der Waals surface area contributed by atoms with E-state index in [2.05, 4.69) is 5.32 Å². The summed E-state index contributed by atoms with van der Waals surface area (Å²) in [4.78, 5) is 11.9. The first-order valence-electron chi connectivity index (χ1n) is 7.33. The molecule has 3 rings (SSSR count). The molecular formula is C18H15ClFNO3. The Balaban J connectivity index is 1.61. The van der Waals surface area contributed by atoms with Gasteiger partial charge in [0.05, 0.1) is 5.02 Å². The van der Waals surface area contributed by atoms with Crippen molar-refractivity contribution >= 4 is 23.6 Å². The van der Waals surface area contributed by atoms with Gasteiger partial charge in [-0.25, -0.2) is 4.39 Å². The fraction of sp³-hybridized carbons (Fsp3) is 0.167. The summed E-state index contributed by atoms with van der Waals surface area (Å²) in [5.41, 5.74) is 2.00. The number of hydrogen-bond donors (Lipinski definition) is 1. The minimum atomic E-state index is -0.287. The lowest BCUT2D eigenvalue weighted by molar-refractivity contribution is -0.116. The maximum atomic E-state index is 13.5. The molecule has 1 amide bonds. The van der Waals surface area contributed by atoms with Gasteiger partial charge in [0, 0.05) is 12.6 Å². The van der Waals surface area contributed by atoms with Gasteiger partial charge in [-0.15, -0.1) is 0 Å². The molecule has 1 N–H and O–H groups in total. The maximum absolute atomic E-state index is 13.5. The maximum Gasteiger partial charge on any atom is 0.244 e. The third-order valence-corrected chi connectivity index (χ3v) is 3.86. The quantitative estimate of drug-likeness (QED) is 0.855. The summed E-state index contributed by atoms with van der Waals surface area (Å²) in [5, 5.41) is 3.13. The number of fused-ring (bicyclic) bond motifs is 1. The van der Waals surface area contributed by atoms with Crippen molar-refractivity contribution in [3.63, 3.8) is 0 Å². The van der Waals surface area contributed by atoms with E-state index in [0.29, 0.717) is 27.6 Å². The highest BCUT2D eigenvalue weighted by molar-refractivity contribution is 6.32. The van der Waals surface area contributed by atoms with Gasteiger partial charge in [0.2, 0.25) is 12.7 Å². The molecule has 1 heterocycles. The predicted octanol–water partition coefficient (Wildman–Crippen LogP) is 3.85. The minimum absolute atomic E-state index is 0.135. The van der Waals surface area contributed by atoms with Crippen LogP contribution in [0.3, 0.4) is 0 Å². The third-order valence-electron chi connectivity index (χ3n) is 3.58. The van der Waals surface area contributed by atoms with Crippen LogP contribution in [0.2, 0.25) is 5.02 Å². The Labute approximate surface area is 143 Å². The van der Waals surface area contributed by atoms with Crippen molar-refractivity contribution in [2.24, 2.45) is 0 Å². The topological polar surface area (TPSA) is 47.6 Å². The summed E-state index contributed by atoms with van der Waals surface area (Å²) in [6.07, 6.45) is 3.01. The Morgan fingerprint density at radius 2 is 2.17 bits per heavy atom. The number of hydrogen-bond acceptors (Lipinski definition) is 3. The number of carbonyl (C=O) groups is 1. The average Bonchev–Trinajstić information content (AvgIpc) is 3.03. The first-order chi connectivity index (χ1) is 11.5. The number of amides is 1. The van der Waals surface area contributed by atoms with Crippen LogP contribution < -0.4 is 14.8 Å². The molecule has 0 unspecified atom stereocenters. The normalized spacial score (nSPS) is 12.6. The second-order valence-corrected chi connectivity index (χ2v) is 5.78. The number of carbonyl (C=O) groups excluding carboxylic acids is 1. The summed E-state index contributed by atoms with van der Waals surface area (Å²) >= 11 is 6.08. The first kappa shape index (κ1) is 16.3. The Hall–Kier alpha value is -2.53. The van der Waals surface area contributed by atoms with Gasteiger partial charge in [0.25, 0.3) is 0 Å². The summed E-state index contributed by atoms with van der Waals surface area (Å²) in [5.74, 6) is 0.495. The van der Waals surface area contributed by atoms with Crippen molar-refractivity contribution in [1.29, 1.82) is 0 Å². The highest BCUT2D eigenvalue weighted by Crippen LogP contribution is 2.40. The van der Waals surface area contributed by atoms with Crippen molar-refractivity contribution in [3.8, 4) is 11.5 Å². The second-order valence-electron chi connectivity index (χ2n) is 5.37. The van der Waals surface area contributed by atoms with Crippen LogP contribution in [0.5, 0.6) is 11.5 Å². The van der Waals surface area contributed by atoms with Crippen molar-refractivity contribution in [3.05, 3.63) is 63.9 Å². The van der Waals surface area contributed by atoms with Crippen molar-refractivity contribution in [1.82, 2.24) is 5.32 Å². The van der Waals surface area contributed by atoms with E-state index in [1.165, 1.54) is 12.1 Å². The fourth-order valence-corrected chi connectivity index (χ4v) is 2.52. The summed E-state index contributed by atoms with van der Waals surface area (Å²) < 4.78 is 24.0. The van der Waals surface area contributed by atoms with Crippen LogP contribution in [0.15, 0.2) is 36.4 Å². The summed E-state index contributed by atoms with van der Waals surface area (Å²) in [6, 6.07) is 8.31. The summed E-state index contributed by atoms with van der Waals surface area (Å²) in [6.45, 7) is 2.08. The lowest BCUT2D eigenvalue weighted by Gasteiger charge is -2.04. The van der Waals surface area contributed by atoms with E-state index in [-0.39, 0.29) is 25.1 Å². The van der Waals surface area contributed by atoms with Gasteiger partial charge in [0.15, 0.2) is 11.5 Å². The van der Waals surface area contributed by atoms with Crippen LogP contribution >= 0.6 is 11.6 Å². The number of rotatable bonds is 4. The number of halogens is 2. The van der Waals surface area contributed by atoms with Gasteiger partial charge < -0.3 is 14.8 Å². The Bertz CT molecular complexity index is 820. The smallest absolute Gasteiger partial charge is 0.244 e. The van der Waals surface area contributed by atoms with Crippen LogP contribution in [0.25, 0.3) is 6.08 Å². The lowest BCUT2D eigenvalue weighted by atomic mass is 10.1. The molecule has 1 aliphatic rings. The Morgan fingerprint density at radius 3 is 2.96 bits per heavy atom. The average molecular weight is 348 g/mol. The molecule has 0 fully saturated rings. The van der Waals surface area contributed by atoms with Crippen molar-refractivity contribution < 1.29 is 18.7 Å². The monoisotopic (exact) mass is 347 g/mol. The van der Waals surface area contributed by atoms with Crippen molar-refractivity contribution in [2.75, 3.05) is 6.79 Å². The molecule has 2 aromatic carbocycles. The zero-order valence-electron chi connectivity index (χ0n) is 12.9. The van der Waals surface area contributed by atoms with Gasteiger partial charge in [-0.2, -0.15) is 0 Å². The Morgan fingerprint density at radius 1 is 1.33 bits per heavy atom. The van der Waals surface area contributed by atoms with Crippen LogP contribution in [0, 0.1) is 12.7 Å². The van der Waals surface area contributed by atoms with Gasteiger partial charge in [-0.05, 0) is 47.9 Å². The molecule has 4 nitrogen and oxygen atoms in total. The van der Waals surface area contributed by atoms with Gasteiger partial charge in [-0.1, -0.05) is 23.7 Å². The first-order valence-corrected chi connectivity index (χ1v) is 7.71. The predicted molar refractivity (Wildman–Crippen MR) is 89.6 cm³/mol. The molecule has 0 spiro atoms. The van der Waals surface area contributed by atoms with Crippen LogP contribution in [0.4, 0.5) is 4.39 Å². The van der Waals surface area contributed by atoms with E-state index in [0.717, 1.165) is 5.56 Å². The Kier molecular flexibility index (Phi) is 4.71. The molecule has 0 atom stereocenters. The number of ether oxygens (including phenoxy) is 2. The minimum Gasteiger partial charge on any atom is -0.454 e. The van der Waals surface area contributed by atoms with Crippen LogP contribution in [-0.4, -0.2) is 12.7 Å². The van der Waals surface area contributed by atoms with E-state index in [9.17, 15) is 9.18 Å². The van der Waals surface area contributed by atoms with E-state index in [4.69, 9.17) is 21.1 Å². The van der Waals surface area contributed by atoms with Gasteiger partial charge in [0.1, 0.15) is 5.82 Å². The molecule has 0 radical (unpaired) electrons. The van der Waals surface area contributed by atoms with Crippen molar-refractivity contribution in [2.45, 2.75) is 13.5 Å². The van der Waals surface area contributed by atoms with Gasteiger partial charge in [-0.3, -0.25) is 4.79 Å². The number of nitrogens with one attached hydrogen (secondary N) is 1. The van der Waals surface area contributed by atoms with E-state index < -0.39 is 0 Å². The van der Waals surface area contributed by atoms with Crippen LogP contribution in [-0.2, 0) is 11.3 Å². The molecule has 6 heteroatoms. The fourth-order valence-electron chi connectivity index (χ4n) is 2.25. The molecule has 2 aromatic rings. The zero-order chi connectivity index (χ0) is 17.1. The number of benzene rings is 2. The van der Waals surface area contributed by atoms with E-state index >= 15 is 0 Å². The van der Waals surface area contributed by atoms with Crippen LogP contribution in [0.1, 0.15) is 16.7 Å². The van der Waals surface area contributed by atoms with E-state index in [1.807, 2.05) is 0 Å². The summed E-state index contributed by atoms with van der Waals surface area (Å²) in [7, 11) is 0. The largest absolute Gasteiger partial charge is 0.454 e. The molecule has 124 valence electrons. The molecule has 0 aromatic heterocycles. The molecule has 0 saturated carbocycles. The van der Waals surface area contributed by atoms with E-state index in [1.54, 1.807) is 37.3 Å². The number of aryl methyl sites for hydroxylation is 1. The standard InChI is InChI=1S/C18H15ClFNO3/c1-11-2-3-13(7-15(11)20)9-21-17(22)5-4-12-6-14(19)18-16(8-12)23-10-24-18/h2-8H,9-10H2,1H3,(H,21,22)/b5-4+. The van der Waals surface area contributed by atoms with Gasteiger partial charge >= 0.3 is 0 Å². The highest BCUT2D eigenvalue weighted by Gasteiger charge is 2.17. The zero-order valence-corrected chi connectivity index (χ0v) is 13.7. The third kappa shape index (κ3) is 3.68. The molecular weight excluding hydrogens is 333 g/mol.